The summed E-state index contributed by atoms with van der Waals surface area (Å²) in [5.74, 6) is 1.05. The number of aromatic nitrogens is 3. The number of fused-ring (bicyclic) bond motifs is 1. The van der Waals surface area contributed by atoms with Crippen molar-refractivity contribution in [3.63, 3.8) is 0 Å². The van der Waals surface area contributed by atoms with E-state index in [1.165, 1.54) is 13.1 Å². The van der Waals surface area contributed by atoms with Crippen LogP contribution >= 0.6 is 0 Å². The number of nitrogens with two attached hydrogens (primary N) is 2. The highest BCUT2D eigenvalue weighted by atomic mass is 19.1. The average molecular weight is 464 g/mol. The van der Waals surface area contributed by atoms with Gasteiger partial charge < -0.3 is 16.2 Å². The lowest BCUT2D eigenvalue weighted by Gasteiger charge is -2.33. The molecular formula is C26H30FN5O2. The molecule has 34 heavy (non-hydrogen) atoms. The Kier molecular flexibility index (Phi) is 6.79. The Balaban J connectivity index is 0.00000133. The van der Waals surface area contributed by atoms with Crippen LogP contribution in [0.3, 0.4) is 0 Å². The third-order valence-corrected chi connectivity index (χ3v) is 6.51. The number of nitrogens with zero attached hydrogens (tertiary/aromatic N) is 3. The first kappa shape index (κ1) is 23.6. The molecule has 8 heteroatoms. The van der Waals surface area contributed by atoms with Crippen molar-refractivity contribution in [2.75, 3.05) is 19.9 Å². The minimum Gasteiger partial charge on any atom is -0.496 e. The fourth-order valence-electron chi connectivity index (χ4n) is 4.69. The Hall–Kier alpha value is -3.52. The molecular weight excluding hydrogens is 433 g/mol. The van der Waals surface area contributed by atoms with Crippen molar-refractivity contribution in [3.05, 3.63) is 59.6 Å². The van der Waals surface area contributed by atoms with Crippen LogP contribution in [-0.2, 0) is 0 Å². The number of ether oxygens (including phenoxy) is 1. The molecule has 0 aliphatic heterocycles. The van der Waals surface area contributed by atoms with Crippen LogP contribution in [0.5, 0.6) is 5.75 Å². The molecule has 3 aromatic rings. The predicted molar refractivity (Wildman–Crippen MR) is 132 cm³/mol. The van der Waals surface area contributed by atoms with Crippen molar-refractivity contribution < 1.29 is 13.9 Å². The van der Waals surface area contributed by atoms with Gasteiger partial charge in [0.1, 0.15) is 23.1 Å². The van der Waals surface area contributed by atoms with Gasteiger partial charge in [-0.1, -0.05) is 31.2 Å². The Bertz CT molecular complexity index is 1270. The van der Waals surface area contributed by atoms with E-state index in [9.17, 15) is 4.79 Å². The van der Waals surface area contributed by atoms with E-state index in [4.69, 9.17) is 15.5 Å². The first-order valence-corrected chi connectivity index (χ1v) is 11.4. The van der Waals surface area contributed by atoms with Crippen LogP contribution in [-0.4, -0.2) is 35.2 Å². The second-order valence-corrected chi connectivity index (χ2v) is 8.69. The predicted octanol–water partition coefficient (Wildman–Crippen LogP) is 4.79. The molecule has 0 spiro atoms. The quantitative estimate of drug-likeness (QED) is 0.527. The van der Waals surface area contributed by atoms with E-state index in [1.807, 2.05) is 18.2 Å². The molecule has 2 aliphatic rings. The standard InChI is InChI=1S/C25H25FN4O2.CH5N/c1-14-8-16(9-14)30-25(27)19(13-31)24(29-30)17-11-22-18(10-20(17)26)23(32-2)12-21(28-22)15-6-4-3-5-7-15;1-2/h3-6,10-16H,7-9,27H2,1-2H3;2H2,1H3. The van der Waals surface area contributed by atoms with Gasteiger partial charge >= 0.3 is 0 Å². The van der Waals surface area contributed by atoms with Gasteiger partial charge in [-0.2, -0.15) is 5.10 Å². The third-order valence-electron chi connectivity index (χ3n) is 6.51. The van der Waals surface area contributed by atoms with Gasteiger partial charge in [0.05, 0.1) is 29.9 Å². The van der Waals surface area contributed by atoms with Crippen LogP contribution in [0, 0.1) is 11.7 Å². The number of rotatable bonds is 5. The summed E-state index contributed by atoms with van der Waals surface area (Å²) < 4.78 is 22.5. The molecule has 2 aliphatic carbocycles. The maximum absolute atomic E-state index is 15.3. The van der Waals surface area contributed by atoms with Crippen molar-refractivity contribution in [1.82, 2.24) is 14.8 Å². The van der Waals surface area contributed by atoms with Crippen LogP contribution < -0.4 is 16.2 Å². The number of hydrogen-bond acceptors (Lipinski definition) is 6. The molecule has 1 unspecified atom stereocenters. The second-order valence-electron chi connectivity index (χ2n) is 8.69. The highest BCUT2D eigenvalue weighted by molar-refractivity contribution is 5.95. The van der Waals surface area contributed by atoms with Crippen LogP contribution in [0.2, 0.25) is 0 Å². The lowest BCUT2D eigenvalue weighted by Crippen LogP contribution is -2.26. The summed E-state index contributed by atoms with van der Waals surface area (Å²) in [4.78, 5) is 16.7. The van der Waals surface area contributed by atoms with Gasteiger partial charge in [0, 0.05) is 22.9 Å². The minimum atomic E-state index is -0.499. The molecule has 2 heterocycles. The van der Waals surface area contributed by atoms with Gasteiger partial charge in [0.15, 0.2) is 6.29 Å². The fraction of sp³-hybridized carbons (Fsp3) is 0.346. The van der Waals surface area contributed by atoms with Crippen molar-refractivity contribution in [3.8, 4) is 17.0 Å². The van der Waals surface area contributed by atoms with Crippen LogP contribution in [0.1, 0.15) is 54.2 Å². The van der Waals surface area contributed by atoms with Gasteiger partial charge in [-0.25, -0.2) is 9.07 Å². The van der Waals surface area contributed by atoms with E-state index in [-0.39, 0.29) is 34.6 Å². The number of aldehydes is 1. The first-order valence-electron chi connectivity index (χ1n) is 11.4. The zero-order valence-corrected chi connectivity index (χ0v) is 19.7. The van der Waals surface area contributed by atoms with Crippen molar-refractivity contribution in [2.24, 2.45) is 11.7 Å². The number of halogens is 1. The average Bonchev–Trinajstić information content (AvgIpc) is 3.18. The lowest BCUT2D eigenvalue weighted by molar-refractivity contribution is 0.112. The number of pyridine rings is 1. The normalized spacial score (nSPS) is 21.0. The molecule has 4 N–H and O–H groups in total. The molecule has 1 fully saturated rings. The Morgan fingerprint density at radius 3 is 2.59 bits per heavy atom. The SMILES string of the molecule is CN.COc1cc(C2C=CC=CC2)nc2cc(-c3nn(C4CC(C)C4)c(N)c3C=O)c(F)cc12. The molecule has 1 saturated carbocycles. The molecule has 1 aromatic carbocycles. The monoisotopic (exact) mass is 463 g/mol. The molecule has 2 aromatic heterocycles. The van der Waals surface area contributed by atoms with Crippen molar-refractivity contribution >= 4 is 23.0 Å². The number of hydrogen-bond donors (Lipinski definition) is 2. The molecule has 5 rings (SSSR count). The second kappa shape index (κ2) is 9.77. The van der Waals surface area contributed by atoms with E-state index >= 15 is 4.39 Å². The summed E-state index contributed by atoms with van der Waals surface area (Å²) in [6, 6.07) is 5.03. The van der Waals surface area contributed by atoms with Crippen molar-refractivity contribution in [1.29, 1.82) is 0 Å². The van der Waals surface area contributed by atoms with Crippen LogP contribution in [0.25, 0.3) is 22.2 Å². The molecule has 1 atom stereocenters. The van der Waals surface area contributed by atoms with Crippen LogP contribution in [0.4, 0.5) is 10.2 Å². The number of carbonyl (C=O) groups excluding carboxylic acids is 1. The number of carbonyl (C=O) groups is 1. The highest BCUT2D eigenvalue weighted by Gasteiger charge is 2.31. The summed E-state index contributed by atoms with van der Waals surface area (Å²) >= 11 is 0. The number of methoxy groups -OCH3 is 1. The summed E-state index contributed by atoms with van der Waals surface area (Å²) in [6.07, 6.45) is 11.6. The van der Waals surface area contributed by atoms with Crippen LogP contribution in [0.15, 0.2) is 42.5 Å². The molecule has 0 amide bonds. The topological polar surface area (TPSA) is 109 Å². The Morgan fingerprint density at radius 2 is 1.97 bits per heavy atom. The van der Waals surface area contributed by atoms with Gasteiger partial charge in [-0.15, -0.1) is 0 Å². The summed E-state index contributed by atoms with van der Waals surface area (Å²) in [5, 5.41) is 5.14. The Labute approximate surface area is 198 Å². The van der Waals surface area contributed by atoms with E-state index in [0.717, 1.165) is 25.0 Å². The molecule has 0 bridgehead atoms. The molecule has 0 saturated heterocycles. The third kappa shape index (κ3) is 4.09. The molecule has 0 radical (unpaired) electrons. The van der Waals surface area contributed by atoms with Gasteiger partial charge in [0.2, 0.25) is 0 Å². The fourth-order valence-corrected chi connectivity index (χ4v) is 4.69. The summed E-state index contributed by atoms with van der Waals surface area (Å²) in [6.45, 7) is 2.16. The zero-order chi connectivity index (χ0) is 24.4. The Morgan fingerprint density at radius 1 is 1.21 bits per heavy atom. The van der Waals surface area contributed by atoms with Crippen molar-refractivity contribution in [2.45, 2.75) is 38.1 Å². The van der Waals surface area contributed by atoms with Gasteiger partial charge in [0.25, 0.3) is 0 Å². The minimum absolute atomic E-state index is 0.118. The van der Waals surface area contributed by atoms with E-state index < -0.39 is 5.82 Å². The number of nitrogen functional groups attached to an aromatic ring is 1. The number of allylic oxidation sites excluding steroid dienone is 4. The smallest absolute Gasteiger partial charge is 0.156 e. The van der Waals surface area contributed by atoms with Gasteiger partial charge in [-0.3, -0.25) is 9.78 Å². The molecule has 178 valence electrons. The zero-order valence-electron chi connectivity index (χ0n) is 19.7. The maximum atomic E-state index is 15.3. The summed E-state index contributed by atoms with van der Waals surface area (Å²) in [7, 11) is 3.06. The summed E-state index contributed by atoms with van der Waals surface area (Å²) in [5.41, 5.74) is 12.8. The van der Waals surface area contributed by atoms with Gasteiger partial charge in [-0.05, 0) is 44.4 Å². The van der Waals surface area contributed by atoms with E-state index in [2.05, 4.69) is 29.9 Å². The lowest BCUT2D eigenvalue weighted by atomic mass is 9.82. The number of benzene rings is 1. The van der Waals surface area contributed by atoms with E-state index in [1.54, 1.807) is 17.9 Å². The number of anilines is 1. The van der Waals surface area contributed by atoms with E-state index in [0.29, 0.717) is 28.9 Å². The first-order chi connectivity index (χ1) is 16.5. The molecule has 7 nitrogen and oxygen atoms in total. The highest BCUT2D eigenvalue weighted by Crippen LogP contribution is 2.41. The maximum Gasteiger partial charge on any atom is 0.156 e. The largest absolute Gasteiger partial charge is 0.496 e.